The molecule has 1 aromatic heterocycles. The highest BCUT2D eigenvalue weighted by Gasteiger charge is 2.38. The monoisotopic (exact) mass is 153 g/mol. The summed E-state index contributed by atoms with van der Waals surface area (Å²) < 4.78 is 4.96. The van der Waals surface area contributed by atoms with Crippen molar-refractivity contribution < 1.29 is 9.62 Å². The molecule has 1 aliphatic carbocycles. The third-order valence-electron chi connectivity index (χ3n) is 2.25. The SMILES string of the molecule is ONC[C@@H]1C[C@H]1c1ccoc1. The van der Waals surface area contributed by atoms with Gasteiger partial charge in [0, 0.05) is 6.54 Å². The third kappa shape index (κ3) is 1.29. The summed E-state index contributed by atoms with van der Waals surface area (Å²) in [6.07, 6.45) is 4.63. The van der Waals surface area contributed by atoms with Crippen LogP contribution in [0.3, 0.4) is 0 Å². The van der Waals surface area contributed by atoms with Crippen molar-refractivity contribution in [3.05, 3.63) is 24.2 Å². The van der Waals surface area contributed by atoms with Gasteiger partial charge in [-0.25, -0.2) is 5.48 Å². The molecule has 3 heteroatoms. The lowest BCUT2D eigenvalue weighted by molar-refractivity contribution is 0.161. The van der Waals surface area contributed by atoms with Crippen LogP contribution in [-0.2, 0) is 0 Å². The van der Waals surface area contributed by atoms with E-state index in [-0.39, 0.29) is 0 Å². The van der Waals surface area contributed by atoms with Crippen LogP contribution in [0.2, 0.25) is 0 Å². The second-order valence-corrected chi connectivity index (χ2v) is 3.02. The van der Waals surface area contributed by atoms with Gasteiger partial charge in [-0.3, -0.25) is 0 Å². The molecule has 1 heterocycles. The van der Waals surface area contributed by atoms with Crippen LogP contribution in [-0.4, -0.2) is 11.8 Å². The van der Waals surface area contributed by atoms with E-state index in [2.05, 4.69) is 5.48 Å². The highest BCUT2D eigenvalue weighted by atomic mass is 16.5. The molecule has 1 aliphatic rings. The van der Waals surface area contributed by atoms with Gasteiger partial charge in [0.05, 0.1) is 12.5 Å². The van der Waals surface area contributed by atoms with Crippen molar-refractivity contribution in [3.63, 3.8) is 0 Å². The summed E-state index contributed by atoms with van der Waals surface area (Å²) in [4.78, 5) is 0. The molecule has 1 saturated carbocycles. The van der Waals surface area contributed by atoms with Crippen molar-refractivity contribution in [1.82, 2.24) is 5.48 Å². The Morgan fingerprint density at radius 3 is 3.27 bits per heavy atom. The zero-order valence-electron chi connectivity index (χ0n) is 6.16. The lowest BCUT2D eigenvalue weighted by Gasteiger charge is -1.93. The molecule has 0 bridgehead atoms. The van der Waals surface area contributed by atoms with Gasteiger partial charge in [-0.15, -0.1) is 0 Å². The fraction of sp³-hybridized carbons (Fsp3) is 0.500. The van der Waals surface area contributed by atoms with Gasteiger partial charge in [0.1, 0.15) is 0 Å². The Hall–Kier alpha value is -0.800. The van der Waals surface area contributed by atoms with Gasteiger partial charge in [-0.1, -0.05) is 0 Å². The second-order valence-electron chi connectivity index (χ2n) is 3.02. The number of hydroxylamine groups is 1. The van der Waals surface area contributed by atoms with E-state index < -0.39 is 0 Å². The summed E-state index contributed by atoms with van der Waals surface area (Å²) in [6.45, 7) is 0.690. The third-order valence-corrected chi connectivity index (χ3v) is 2.25. The van der Waals surface area contributed by atoms with Gasteiger partial charge in [0.25, 0.3) is 0 Å². The average molecular weight is 153 g/mol. The molecule has 0 radical (unpaired) electrons. The Morgan fingerprint density at radius 2 is 2.64 bits per heavy atom. The van der Waals surface area contributed by atoms with E-state index in [1.54, 1.807) is 12.5 Å². The Kier molecular flexibility index (Phi) is 1.68. The first-order valence-corrected chi connectivity index (χ1v) is 3.81. The summed E-state index contributed by atoms with van der Waals surface area (Å²) >= 11 is 0. The normalized spacial score (nSPS) is 28.8. The van der Waals surface area contributed by atoms with Crippen LogP contribution in [0.15, 0.2) is 23.0 Å². The summed E-state index contributed by atoms with van der Waals surface area (Å²) in [5.74, 6) is 1.20. The lowest BCUT2D eigenvalue weighted by Crippen LogP contribution is -2.10. The van der Waals surface area contributed by atoms with Gasteiger partial charge in [-0.05, 0) is 29.9 Å². The van der Waals surface area contributed by atoms with Crippen LogP contribution >= 0.6 is 0 Å². The number of furan rings is 1. The molecule has 0 unspecified atom stereocenters. The summed E-state index contributed by atoms with van der Waals surface area (Å²) in [7, 11) is 0. The Bertz CT molecular complexity index is 220. The summed E-state index contributed by atoms with van der Waals surface area (Å²) in [6, 6.07) is 1.99. The maximum atomic E-state index is 8.42. The Labute approximate surface area is 65.0 Å². The Balaban J connectivity index is 1.92. The van der Waals surface area contributed by atoms with Crippen molar-refractivity contribution >= 4 is 0 Å². The molecule has 0 amide bonds. The molecule has 1 aromatic rings. The largest absolute Gasteiger partial charge is 0.472 e. The maximum Gasteiger partial charge on any atom is 0.0937 e. The molecular formula is C8H11NO2. The van der Waals surface area contributed by atoms with Gasteiger partial charge >= 0.3 is 0 Å². The molecule has 2 N–H and O–H groups in total. The first kappa shape index (κ1) is 6.88. The molecule has 3 nitrogen and oxygen atoms in total. The fourth-order valence-electron chi connectivity index (χ4n) is 1.48. The molecule has 0 aliphatic heterocycles. The fourth-order valence-corrected chi connectivity index (χ4v) is 1.48. The van der Waals surface area contributed by atoms with Crippen LogP contribution < -0.4 is 5.48 Å². The number of rotatable bonds is 3. The van der Waals surface area contributed by atoms with E-state index in [1.807, 2.05) is 6.07 Å². The minimum absolute atomic E-state index is 0.595. The number of nitrogens with one attached hydrogen (secondary N) is 1. The first-order valence-electron chi connectivity index (χ1n) is 3.81. The standard InChI is InChI=1S/C8H11NO2/c10-9-4-7-3-8(7)6-1-2-11-5-6/h1-2,5,7-10H,3-4H2/t7-,8-/m0/s1. The molecular weight excluding hydrogens is 142 g/mol. The lowest BCUT2D eigenvalue weighted by atomic mass is 10.2. The quantitative estimate of drug-likeness (QED) is 0.644. The van der Waals surface area contributed by atoms with Crippen molar-refractivity contribution in [1.29, 1.82) is 0 Å². The average Bonchev–Trinajstić information content (AvgIpc) is 2.61. The van der Waals surface area contributed by atoms with Crippen LogP contribution in [0, 0.1) is 5.92 Å². The van der Waals surface area contributed by atoms with Gasteiger partial charge < -0.3 is 9.62 Å². The molecule has 1 fully saturated rings. The summed E-state index contributed by atoms with van der Waals surface area (Å²) in [5, 5.41) is 8.42. The Morgan fingerprint density at radius 1 is 1.73 bits per heavy atom. The van der Waals surface area contributed by atoms with Crippen LogP contribution in [0.1, 0.15) is 17.9 Å². The summed E-state index contributed by atoms with van der Waals surface area (Å²) in [5.41, 5.74) is 3.45. The van der Waals surface area contributed by atoms with Crippen molar-refractivity contribution in [2.75, 3.05) is 6.54 Å². The van der Waals surface area contributed by atoms with Gasteiger partial charge in [0.15, 0.2) is 0 Å². The minimum atomic E-state index is 0.595. The highest BCUT2D eigenvalue weighted by Crippen LogP contribution is 2.46. The molecule has 0 spiro atoms. The van der Waals surface area contributed by atoms with Crippen molar-refractivity contribution in [2.45, 2.75) is 12.3 Å². The zero-order valence-corrected chi connectivity index (χ0v) is 6.16. The molecule has 0 aromatic carbocycles. The highest BCUT2D eigenvalue weighted by molar-refractivity contribution is 5.20. The molecule has 2 rings (SSSR count). The van der Waals surface area contributed by atoms with E-state index in [0.29, 0.717) is 18.4 Å². The van der Waals surface area contributed by atoms with Crippen LogP contribution in [0.25, 0.3) is 0 Å². The molecule has 60 valence electrons. The second kappa shape index (κ2) is 2.68. The smallest absolute Gasteiger partial charge is 0.0937 e. The maximum absolute atomic E-state index is 8.42. The predicted molar refractivity (Wildman–Crippen MR) is 39.3 cm³/mol. The van der Waals surface area contributed by atoms with Gasteiger partial charge in [0.2, 0.25) is 0 Å². The molecule has 2 atom stereocenters. The van der Waals surface area contributed by atoms with E-state index in [9.17, 15) is 0 Å². The predicted octanol–water partition coefficient (Wildman–Crippen LogP) is 1.36. The zero-order chi connectivity index (χ0) is 7.68. The van der Waals surface area contributed by atoms with Crippen LogP contribution in [0.5, 0.6) is 0 Å². The molecule has 0 saturated heterocycles. The van der Waals surface area contributed by atoms with Crippen LogP contribution in [0.4, 0.5) is 0 Å². The topological polar surface area (TPSA) is 45.4 Å². The number of hydrogen-bond acceptors (Lipinski definition) is 3. The first-order chi connectivity index (χ1) is 5.42. The minimum Gasteiger partial charge on any atom is -0.472 e. The van der Waals surface area contributed by atoms with E-state index in [1.165, 1.54) is 5.56 Å². The van der Waals surface area contributed by atoms with Gasteiger partial charge in [-0.2, -0.15) is 0 Å². The van der Waals surface area contributed by atoms with Crippen molar-refractivity contribution in [3.8, 4) is 0 Å². The molecule has 11 heavy (non-hydrogen) atoms. The van der Waals surface area contributed by atoms with Crippen molar-refractivity contribution in [2.24, 2.45) is 5.92 Å². The van der Waals surface area contributed by atoms with E-state index >= 15 is 0 Å². The van der Waals surface area contributed by atoms with E-state index in [4.69, 9.17) is 9.62 Å². The van der Waals surface area contributed by atoms with E-state index in [0.717, 1.165) is 6.42 Å². The number of hydrogen-bond donors (Lipinski definition) is 2.